The largest absolute Gasteiger partial charge is 0.494 e. The first-order valence-corrected chi connectivity index (χ1v) is 7.49. The van der Waals surface area contributed by atoms with Gasteiger partial charge in [0.1, 0.15) is 5.82 Å². The van der Waals surface area contributed by atoms with Gasteiger partial charge in [-0.05, 0) is 29.8 Å². The molecule has 0 saturated heterocycles. The van der Waals surface area contributed by atoms with Gasteiger partial charge in [0.05, 0.1) is 17.2 Å². The number of nitrogens with zero attached hydrogens (tertiary/aromatic N) is 1. The third-order valence-corrected chi connectivity index (χ3v) is 3.56. The Morgan fingerprint density at radius 2 is 1.96 bits per heavy atom. The molecular formula is C15H16Cl2N4O2. The van der Waals surface area contributed by atoms with Crippen molar-refractivity contribution in [2.24, 2.45) is 0 Å². The van der Waals surface area contributed by atoms with Crippen molar-refractivity contribution in [2.75, 3.05) is 24.8 Å². The fourth-order valence-corrected chi connectivity index (χ4v) is 2.55. The lowest BCUT2D eigenvalue weighted by atomic mass is 10.2. The van der Waals surface area contributed by atoms with Gasteiger partial charge in [-0.25, -0.2) is 9.78 Å². The zero-order valence-electron chi connectivity index (χ0n) is 12.6. The maximum Gasteiger partial charge on any atom is 0.319 e. The van der Waals surface area contributed by atoms with Crippen molar-refractivity contribution < 1.29 is 9.53 Å². The molecule has 1 aromatic heterocycles. The molecule has 2 amide bonds. The maximum atomic E-state index is 11.9. The summed E-state index contributed by atoms with van der Waals surface area (Å²) in [7, 11) is 3.25. The van der Waals surface area contributed by atoms with Gasteiger partial charge in [-0.1, -0.05) is 23.2 Å². The van der Waals surface area contributed by atoms with Crippen molar-refractivity contribution in [3.63, 3.8) is 0 Å². The van der Waals surface area contributed by atoms with E-state index in [0.29, 0.717) is 28.0 Å². The Kier molecular flexibility index (Phi) is 5.90. The molecule has 0 aliphatic carbocycles. The Balaban J connectivity index is 1.97. The topological polar surface area (TPSA) is 75.3 Å². The zero-order chi connectivity index (χ0) is 16.8. The minimum atomic E-state index is -0.370. The maximum absolute atomic E-state index is 11.9. The summed E-state index contributed by atoms with van der Waals surface area (Å²) >= 11 is 12.1. The third-order valence-electron chi connectivity index (χ3n) is 2.99. The van der Waals surface area contributed by atoms with E-state index in [4.69, 9.17) is 27.9 Å². The molecule has 0 radical (unpaired) electrons. The predicted octanol–water partition coefficient (Wildman–Crippen LogP) is 3.76. The van der Waals surface area contributed by atoms with Crippen LogP contribution in [0.25, 0.3) is 0 Å². The summed E-state index contributed by atoms with van der Waals surface area (Å²) in [4.78, 5) is 16.1. The monoisotopic (exact) mass is 354 g/mol. The average Bonchev–Trinajstić information content (AvgIpc) is 2.53. The number of ether oxygens (including phenoxy) is 1. The first-order valence-electron chi connectivity index (χ1n) is 6.74. The normalized spacial score (nSPS) is 10.1. The van der Waals surface area contributed by atoms with Crippen LogP contribution in [0.2, 0.25) is 10.0 Å². The minimum Gasteiger partial charge on any atom is -0.494 e. The number of carbonyl (C=O) groups is 1. The number of methoxy groups -OCH3 is 1. The summed E-state index contributed by atoms with van der Waals surface area (Å²) in [6, 6.07) is 6.43. The predicted molar refractivity (Wildman–Crippen MR) is 92.7 cm³/mol. The molecule has 0 aliphatic heterocycles. The number of halogens is 2. The third kappa shape index (κ3) is 4.64. The first kappa shape index (κ1) is 17.2. The summed E-state index contributed by atoms with van der Waals surface area (Å²) in [5.74, 6) is 1.11. The van der Waals surface area contributed by atoms with E-state index >= 15 is 0 Å². The molecule has 1 aromatic carbocycles. The first-order chi connectivity index (χ1) is 11.0. The summed E-state index contributed by atoms with van der Waals surface area (Å²) < 4.78 is 5.06. The van der Waals surface area contributed by atoms with E-state index in [1.165, 1.54) is 7.11 Å². The lowest BCUT2D eigenvalue weighted by Crippen LogP contribution is -2.28. The Morgan fingerprint density at radius 3 is 2.57 bits per heavy atom. The number of urea groups is 1. The lowest BCUT2D eigenvalue weighted by Gasteiger charge is -2.11. The van der Waals surface area contributed by atoms with Gasteiger partial charge < -0.3 is 20.7 Å². The smallest absolute Gasteiger partial charge is 0.319 e. The molecule has 122 valence electrons. The van der Waals surface area contributed by atoms with E-state index < -0.39 is 0 Å². The van der Waals surface area contributed by atoms with Crippen LogP contribution in [0.3, 0.4) is 0 Å². The van der Waals surface area contributed by atoms with Crippen LogP contribution in [0.15, 0.2) is 30.5 Å². The quantitative estimate of drug-likeness (QED) is 0.763. The number of anilines is 2. The molecule has 6 nitrogen and oxygen atoms in total. The molecule has 8 heteroatoms. The van der Waals surface area contributed by atoms with E-state index in [1.54, 1.807) is 25.4 Å². The highest BCUT2D eigenvalue weighted by atomic mass is 35.5. The fraction of sp³-hybridized carbons (Fsp3) is 0.200. The molecule has 2 rings (SSSR count). The number of hydrogen-bond acceptors (Lipinski definition) is 4. The van der Waals surface area contributed by atoms with Crippen LogP contribution in [0, 0.1) is 0 Å². The van der Waals surface area contributed by atoms with Crippen molar-refractivity contribution in [1.82, 2.24) is 10.3 Å². The van der Waals surface area contributed by atoms with Crippen LogP contribution < -0.4 is 20.7 Å². The number of pyridine rings is 1. The molecule has 2 aromatic rings. The summed E-state index contributed by atoms with van der Waals surface area (Å²) in [6.07, 6.45) is 1.67. The zero-order valence-corrected chi connectivity index (χ0v) is 14.1. The van der Waals surface area contributed by atoms with Gasteiger partial charge in [0, 0.05) is 25.5 Å². The summed E-state index contributed by atoms with van der Waals surface area (Å²) in [5.41, 5.74) is 1.40. The molecule has 0 saturated carbocycles. The number of aromatic nitrogens is 1. The van der Waals surface area contributed by atoms with Gasteiger partial charge in [0.25, 0.3) is 0 Å². The van der Waals surface area contributed by atoms with Crippen molar-refractivity contribution in [3.8, 4) is 5.75 Å². The Bertz CT molecular complexity index is 687. The van der Waals surface area contributed by atoms with Crippen LogP contribution in [0.1, 0.15) is 5.56 Å². The van der Waals surface area contributed by atoms with Crippen LogP contribution in [0.4, 0.5) is 16.3 Å². The Morgan fingerprint density at radius 1 is 1.26 bits per heavy atom. The molecular weight excluding hydrogens is 339 g/mol. The van der Waals surface area contributed by atoms with Crippen molar-refractivity contribution in [1.29, 1.82) is 0 Å². The molecule has 1 heterocycles. The summed E-state index contributed by atoms with van der Waals surface area (Å²) in [5, 5.41) is 8.99. The number of rotatable bonds is 5. The second-order valence-corrected chi connectivity index (χ2v) is 5.39. The van der Waals surface area contributed by atoms with Crippen LogP contribution in [-0.2, 0) is 6.54 Å². The molecule has 23 heavy (non-hydrogen) atoms. The second kappa shape index (κ2) is 7.89. The van der Waals surface area contributed by atoms with Crippen LogP contribution in [-0.4, -0.2) is 25.2 Å². The highest BCUT2D eigenvalue weighted by molar-refractivity contribution is 6.37. The molecule has 0 unspecified atom stereocenters. The van der Waals surface area contributed by atoms with Crippen LogP contribution >= 0.6 is 23.2 Å². The van der Waals surface area contributed by atoms with E-state index in [1.807, 2.05) is 12.1 Å². The molecule has 0 fully saturated rings. The lowest BCUT2D eigenvalue weighted by molar-refractivity contribution is 0.251. The number of benzene rings is 1. The van der Waals surface area contributed by atoms with Crippen molar-refractivity contribution in [3.05, 3.63) is 46.1 Å². The molecule has 0 atom stereocenters. The number of hydrogen-bond donors (Lipinski definition) is 3. The van der Waals surface area contributed by atoms with E-state index in [-0.39, 0.29) is 6.03 Å². The van der Waals surface area contributed by atoms with Gasteiger partial charge in [-0.2, -0.15) is 0 Å². The van der Waals surface area contributed by atoms with Crippen molar-refractivity contribution >= 4 is 40.7 Å². The average molecular weight is 355 g/mol. The van der Waals surface area contributed by atoms with E-state index in [2.05, 4.69) is 20.9 Å². The molecule has 0 aliphatic rings. The SMILES string of the molecule is CNc1cc(CNC(=O)Nc2cc(Cl)c(OC)c(Cl)c2)ccn1. The summed E-state index contributed by atoms with van der Waals surface area (Å²) in [6.45, 7) is 0.362. The van der Waals surface area contributed by atoms with Gasteiger partial charge in [-0.3, -0.25) is 0 Å². The van der Waals surface area contributed by atoms with Gasteiger partial charge in [-0.15, -0.1) is 0 Å². The van der Waals surface area contributed by atoms with Gasteiger partial charge in [0.2, 0.25) is 0 Å². The van der Waals surface area contributed by atoms with Gasteiger partial charge >= 0.3 is 6.03 Å². The number of amides is 2. The highest BCUT2D eigenvalue weighted by Gasteiger charge is 2.10. The fourth-order valence-electron chi connectivity index (χ4n) is 1.91. The second-order valence-electron chi connectivity index (χ2n) is 4.58. The van der Waals surface area contributed by atoms with Crippen molar-refractivity contribution in [2.45, 2.75) is 6.54 Å². The molecule has 0 bridgehead atoms. The standard InChI is InChI=1S/C15H16Cl2N4O2/c1-18-13-5-9(3-4-19-13)8-20-15(22)21-10-6-11(16)14(23-2)12(17)7-10/h3-7H,8H2,1-2H3,(H,18,19)(H2,20,21,22). The number of carbonyl (C=O) groups excluding carboxylic acids is 1. The van der Waals surface area contributed by atoms with E-state index in [0.717, 1.165) is 11.4 Å². The minimum absolute atomic E-state index is 0.322. The highest BCUT2D eigenvalue weighted by Crippen LogP contribution is 2.35. The van der Waals surface area contributed by atoms with E-state index in [9.17, 15) is 4.79 Å². The van der Waals surface area contributed by atoms with Crippen LogP contribution in [0.5, 0.6) is 5.75 Å². The Hall–Kier alpha value is -2.18. The molecule has 0 spiro atoms. The van der Waals surface area contributed by atoms with Gasteiger partial charge in [0.15, 0.2) is 5.75 Å². The molecule has 3 N–H and O–H groups in total. The number of nitrogens with one attached hydrogen (secondary N) is 3. The Labute approximate surface area is 144 Å².